The van der Waals surface area contributed by atoms with Crippen LogP contribution in [0.3, 0.4) is 0 Å². The number of rotatable bonds is 5. The monoisotopic (exact) mass is 211 g/mol. The molecule has 1 atom stereocenters. The summed E-state index contributed by atoms with van der Waals surface area (Å²) in [4.78, 5) is 0. The summed E-state index contributed by atoms with van der Waals surface area (Å²) in [5, 5.41) is 4.32. The Hall–Kier alpha value is -0.530. The van der Waals surface area contributed by atoms with Crippen molar-refractivity contribution in [3.05, 3.63) is 34.9 Å². The van der Waals surface area contributed by atoms with Crippen LogP contribution in [0.25, 0.3) is 0 Å². The van der Waals surface area contributed by atoms with Gasteiger partial charge in [0.05, 0.1) is 0 Å². The molecule has 1 aromatic rings. The summed E-state index contributed by atoms with van der Waals surface area (Å²) in [5.41, 5.74) is 1.32. The predicted octanol–water partition coefficient (Wildman–Crippen LogP) is 3.79. The van der Waals surface area contributed by atoms with Gasteiger partial charge < -0.3 is 5.32 Å². The summed E-state index contributed by atoms with van der Waals surface area (Å²) >= 11 is 5.84. The number of benzene rings is 1. The van der Waals surface area contributed by atoms with Crippen molar-refractivity contribution in [2.45, 2.75) is 32.7 Å². The standard InChI is InChI=1S/C12H18ClN/c1-3-9-14-12(4-2)10-5-7-11(13)8-6-10/h5-8,12,14H,3-4,9H2,1-2H3/t12-/m0/s1. The van der Waals surface area contributed by atoms with Gasteiger partial charge in [-0.1, -0.05) is 37.6 Å². The van der Waals surface area contributed by atoms with Crippen LogP contribution < -0.4 is 5.32 Å². The summed E-state index contributed by atoms with van der Waals surface area (Å²) in [6.07, 6.45) is 2.28. The van der Waals surface area contributed by atoms with Crippen molar-refractivity contribution < 1.29 is 0 Å². The van der Waals surface area contributed by atoms with Crippen molar-refractivity contribution in [3.8, 4) is 0 Å². The highest BCUT2D eigenvalue weighted by molar-refractivity contribution is 6.30. The lowest BCUT2D eigenvalue weighted by molar-refractivity contribution is 0.518. The summed E-state index contributed by atoms with van der Waals surface area (Å²) in [7, 11) is 0. The molecule has 0 saturated heterocycles. The fourth-order valence-electron chi connectivity index (χ4n) is 1.51. The number of halogens is 1. The van der Waals surface area contributed by atoms with Gasteiger partial charge >= 0.3 is 0 Å². The van der Waals surface area contributed by atoms with Gasteiger partial charge in [-0.05, 0) is 37.1 Å². The van der Waals surface area contributed by atoms with Crippen LogP contribution in [0.4, 0.5) is 0 Å². The second-order valence-corrected chi connectivity index (χ2v) is 3.90. The van der Waals surface area contributed by atoms with E-state index in [9.17, 15) is 0 Å². The van der Waals surface area contributed by atoms with E-state index in [1.165, 1.54) is 12.0 Å². The number of hydrogen-bond acceptors (Lipinski definition) is 1. The molecule has 0 aliphatic rings. The molecule has 0 unspecified atom stereocenters. The largest absolute Gasteiger partial charge is 0.310 e. The van der Waals surface area contributed by atoms with Gasteiger partial charge in [0.1, 0.15) is 0 Å². The highest BCUT2D eigenvalue weighted by atomic mass is 35.5. The molecule has 0 saturated carbocycles. The molecule has 2 heteroatoms. The molecule has 1 rings (SSSR count). The van der Waals surface area contributed by atoms with Crippen molar-refractivity contribution in [2.24, 2.45) is 0 Å². The Morgan fingerprint density at radius 1 is 1.21 bits per heavy atom. The highest BCUT2D eigenvalue weighted by Crippen LogP contribution is 2.18. The lowest BCUT2D eigenvalue weighted by Gasteiger charge is -2.16. The molecular weight excluding hydrogens is 194 g/mol. The zero-order chi connectivity index (χ0) is 10.4. The molecule has 78 valence electrons. The number of nitrogens with one attached hydrogen (secondary N) is 1. The second kappa shape index (κ2) is 6.05. The fourth-order valence-corrected chi connectivity index (χ4v) is 1.64. The van der Waals surface area contributed by atoms with Crippen molar-refractivity contribution in [1.29, 1.82) is 0 Å². The Bertz CT molecular complexity index is 256. The second-order valence-electron chi connectivity index (χ2n) is 3.47. The van der Waals surface area contributed by atoms with Gasteiger partial charge in [0.2, 0.25) is 0 Å². The Morgan fingerprint density at radius 3 is 2.36 bits per heavy atom. The first kappa shape index (κ1) is 11.5. The van der Waals surface area contributed by atoms with Crippen LogP contribution in [0, 0.1) is 0 Å². The van der Waals surface area contributed by atoms with E-state index < -0.39 is 0 Å². The van der Waals surface area contributed by atoms with E-state index in [-0.39, 0.29) is 0 Å². The molecule has 0 bridgehead atoms. The Kier molecular flexibility index (Phi) is 4.99. The third-order valence-corrected chi connectivity index (χ3v) is 2.57. The molecule has 1 aromatic carbocycles. The highest BCUT2D eigenvalue weighted by Gasteiger charge is 2.06. The lowest BCUT2D eigenvalue weighted by Crippen LogP contribution is -2.21. The van der Waals surface area contributed by atoms with Crippen molar-refractivity contribution >= 4 is 11.6 Å². The van der Waals surface area contributed by atoms with E-state index in [0.717, 1.165) is 18.0 Å². The minimum Gasteiger partial charge on any atom is -0.310 e. The average molecular weight is 212 g/mol. The van der Waals surface area contributed by atoms with Crippen molar-refractivity contribution in [3.63, 3.8) is 0 Å². The quantitative estimate of drug-likeness (QED) is 0.782. The van der Waals surface area contributed by atoms with E-state index in [1.807, 2.05) is 12.1 Å². The van der Waals surface area contributed by atoms with Gasteiger partial charge in [-0.3, -0.25) is 0 Å². The molecule has 0 amide bonds. The first-order chi connectivity index (χ1) is 6.77. The average Bonchev–Trinajstić information content (AvgIpc) is 2.21. The zero-order valence-electron chi connectivity index (χ0n) is 8.89. The Morgan fingerprint density at radius 2 is 1.86 bits per heavy atom. The van der Waals surface area contributed by atoms with E-state index in [0.29, 0.717) is 6.04 Å². The molecule has 1 nitrogen and oxygen atoms in total. The predicted molar refractivity (Wildman–Crippen MR) is 62.8 cm³/mol. The van der Waals surface area contributed by atoms with Crippen LogP contribution in [0.15, 0.2) is 24.3 Å². The van der Waals surface area contributed by atoms with E-state index in [2.05, 4.69) is 31.3 Å². The zero-order valence-corrected chi connectivity index (χ0v) is 9.64. The molecule has 0 aliphatic heterocycles. The van der Waals surface area contributed by atoms with E-state index >= 15 is 0 Å². The van der Waals surface area contributed by atoms with Gasteiger partial charge in [-0.15, -0.1) is 0 Å². The van der Waals surface area contributed by atoms with E-state index in [1.54, 1.807) is 0 Å². The Labute approximate surface area is 91.5 Å². The van der Waals surface area contributed by atoms with Gasteiger partial charge in [0.15, 0.2) is 0 Å². The molecular formula is C12H18ClN. The van der Waals surface area contributed by atoms with Gasteiger partial charge in [-0.25, -0.2) is 0 Å². The minimum atomic E-state index is 0.465. The van der Waals surface area contributed by atoms with Gasteiger partial charge in [-0.2, -0.15) is 0 Å². The summed E-state index contributed by atoms with van der Waals surface area (Å²) in [6, 6.07) is 8.56. The molecule has 0 heterocycles. The minimum absolute atomic E-state index is 0.465. The van der Waals surface area contributed by atoms with Crippen LogP contribution in [-0.2, 0) is 0 Å². The molecule has 1 N–H and O–H groups in total. The van der Waals surface area contributed by atoms with E-state index in [4.69, 9.17) is 11.6 Å². The van der Waals surface area contributed by atoms with Gasteiger partial charge in [0, 0.05) is 11.1 Å². The Balaban J connectivity index is 2.64. The topological polar surface area (TPSA) is 12.0 Å². The maximum absolute atomic E-state index is 5.84. The molecule has 0 aromatic heterocycles. The van der Waals surface area contributed by atoms with Crippen molar-refractivity contribution in [1.82, 2.24) is 5.32 Å². The summed E-state index contributed by atoms with van der Waals surface area (Å²) < 4.78 is 0. The SMILES string of the molecule is CCCN[C@@H](CC)c1ccc(Cl)cc1. The number of hydrogen-bond donors (Lipinski definition) is 1. The van der Waals surface area contributed by atoms with Crippen LogP contribution in [0.1, 0.15) is 38.3 Å². The smallest absolute Gasteiger partial charge is 0.0406 e. The summed E-state index contributed by atoms with van der Waals surface area (Å²) in [5.74, 6) is 0. The van der Waals surface area contributed by atoms with Crippen LogP contribution in [-0.4, -0.2) is 6.54 Å². The van der Waals surface area contributed by atoms with Crippen LogP contribution in [0.2, 0.25) is 5.02 Å². The maximum Gasteiger partial charge on any atom is 0.0406 e. The van der Waals surface area contributed by atoms with Gasteiger partial charge in [0.25, 0.3) is 0 Å². The maximum atomic E-state index is 5.84. The first-order valence-corrected chi connectivity index (χ1v) is 5.64. The lowest BCUT2D eigenvalue weighted by atomic mass is 10.0. The molecule has 0 aliphatic carbocycles. The molecule has 0 radical (unpaired) electrons. The van der Waals surface area contributed by atoms with Crippen LogP contribution in [0.5, 0.6) is 0 Å². The fraction of sp³-hybridized carbons (Fsp3) is 0.500. The first-order valence-electron chi connectivity index (χ1n) is 5.26. The third kappa shape index (κ3) is 3.32. The molecule has 14 heavy (non-hydrogen) atoms. The third-order valence-electron chi connectivity index (χ3n) is 2.32. The molecule has 0 fully saturated rings. The van der Waals surface area contributed by atoms with Crippen LogP contribution >= 0.6 is 11.6 Å². The summed E-state index contributed by atoms with van der Waals surface area (Å²) in [6.45, 7) is 5.45. The van der Waals surface area contributed by atoms with Crippen molar-refractivity contribution in [2.75, 3.05) is 6.54 Å². The normalized spacial score (nSPS) is 12.8. The molecule has 0 spiro atoms.